The lowest BCUT2D eigenvalue weighted by molar-refractivity contribution is -0.123. The molecule has 3 rings (SSSR count). The van der Waals surface area contributed by atoms with Gasteiger partial charge < -0.3 is 11.1 Å². The first-order valence-electron chi connectivity index (χ1n) is 7.72. The van der Waals surface area contributed by atoms with Crippen LogP contribution in [0.3, 0.4) is 0 Å². The Labute approximate surface area is 128 Å². The van der Waals surface area contributed by atoms with Crippen molar-refractivity contribution >= 4 is 17.5 Å². The summed E-state index contributed by atoms with van der Waals surface area (Å²) in [5, 5.41) is 2.86. The number of halogens is 1. The van der Waals surface area contributed by atoms with Crippen LogP contribution >= 0.6 is 0 Å². The molecule has 1 aromatic rings. The standard InChI is InChI=1S/C16H20FN3O2/c17-11-7-10-8-12(9-11)20-14(4-5-15(20)21)16(22)19-6-2-1-3-13(10)18/h7-9,13-14H,1-6,18H2,(H,19,22)/t13-,14+/m0/s1. The highest BCUT2D eigenvalue weighted by Crippen LogP contribution is 2.31. The van der Waals surface area contributed by atoms with E-state index in [-0.39, 0.29) is 17.9 Å². The maximum absolute atomic E-state index is 13.9. The van der Waals surface area contributed by atoms with Crippen LogP contribution in [0.15, 0.2) is 18.2 Å². The quantitative estimate of drug-likeness (QED) is 0.765. The van der Waals surface area contributed by atoms with Crippen molar-refractivity contribution in [2.45, 2.75) is 44.2 Å². The number of hydrogen-bond donors (Lipinski definition) is 2. The summed E-state index contributed by atoms with van der Waals surface area (Å²) in [4.78, 5) is 25.9. The predicted octanol–water partition coefficient (Wildman–Crippen LogP) is 1.62. The average Bonchev–Trinajstić information content (AvgIpc) is 2.86. The van der Waals surface area contributed by atoms with Gasteiger partial charge in [0, 0.05) is 24.7 Å². The Morgan fingerprint density at radius 2 is 2.00 bits per heavy atom. The molecule has 22 heavy (non-hydrogen) atoms. The van der Waals surface area contributed by atoms with E-state index >= 15 is 0 Å². The molecule has 1 aromatic carbocycles. The van der Waals surface area contributed by atoms with Gasteiger partial charge in [-0.1, -0.05) is 0 Å². The predicted molar refractivity (Wildman–Crippen MR) is 80.7 cm³/mol. The van der Waals surface area contributed by atoms with Gasteiger partial charge in [0.25, 0.3) is 0 Å². The lowest BCUT2D eigenvalue weighted by Gasteiger charge is -2.26. The molecule has 0 saturated carbocycles. The van der Waals surface area contributed by atoms with Crippen LogP contribution in [0.2, 0.25) is 0 Å². The number of carbonyl (C=O) groups is 2. The number of amides is 2. The minimum atomic E-state index is -0.558. The minimum Gasteiger partial charge on any atom is -0.354 e. The molecule has 118 valence electrons. The molecule has 2 aliphatic rings. The van der Waals surface area contributed by atoms with E-state index in [1.165, 1.54) is 17.0 Å². The number of carbonyl (C=O) groups excluding carboxylic acids is 2. The van der Waals surface area contributed by atoms with Crippen molar-refractivity contribution in [1.29, 1.82) is 0 Å². The molecular formula is C16H20FN3O2. The van der Waals surface area contributed by atoms with Gasteiger partial charge in [0.1, 0.15) is 11.9 Å². The second-order valence-corrected chi connectivity index (χ2v) is 5.95. The lowest BCUT2D eigenvalue weighted by atomic mass is 10.00. The highest BCUT2D eigenvalue weighted by molar-refractivity contribution is 6.03. The minimum absolute atomic E-state index is 0.151. The topological polar surface area (TPSA) is 75.4 Å². The maximum Gasteiger partial charge on any atom is 0.243 e. The van der Waals surface area contributed by atoms with Crippen LogP contribution in [0.4, 0.5) is 10.1 Å². The molecule has 2 heterocycles. The number of fused-ring (bicyclic) bond motifs is 4. The summed E-state index contributed by atoms with van der Waals surface area (Å²) in [5.41, 5.74) is 7.23. The van der Waals surface area contributed by atoms with Crippen molar-refractivity contribution < 1.29 is 14.0 Å². The number of benzene rings is 1. The van der Waals surface area contributed by atoms with Crippen LogP contribution in [0.1, 0.15) is 43.7 Å². The lowest BCUT2D eigenvalue weighted by Crippen LogP contribution is -2.45. The summed E-state index contributed by atoms with van der Waals surface area (Å²) in [6.07, 6.45) is 3.16. The number of nitrogens with two attached hydrogens (primary N) is 1. The van der Waals surface area contributed by atoms with Crippen molar-refractivity contribution in [2.75, 3.05) is 11.4 Å². The number of nitrogens with one attached hydrogen (secondary N) is 1. The Balaban J connectivity index is 2.04. The number of anilines is 1. The molecule has 3 N–H and O–H groups in total. The number of nitrogens with zero attached hydrogens (tertiary/aromatic N) is 1. The monoisotopic (exact) mass is 305 g/mol. The zero-order chi connectivity index (χ0) is 15.7. The Bertz CT molecular complexity index is 605. The second-order valence-electron chi connectivity index (χ2n) is 5.95. The van der Waals surface area contributed by atoms with Crippen molar-refractivity contribution in [3.05, 3.63) is 29.6 Å². The van der Waals surface area contributed by atoms with Gasteiger partial charge in [0.2, 0.25) is 11.8 Å². The number of rotatable bonds is 0. The third kappa shape index (κ3) is 2.83. The Hall–Kier alpha value is -1.95. The van der Waals surface area contributed by atoms with Crippen molar-refractivity contribution in [2.24, 2.45) is 5.73 Å². The van der Waals surface area contributed by atoms with E-state index in [4.69, 9.17) is 5.73 Å². The first-order chi connectivity index (χ1) is 10.6. The molecule has 0 radical (unpaired) electrons. The average molecular weight is 305 g/mol. The van der Waals surface area contributed by atoms with E-state index in [0.29, 0.717) is 30.6 Å². The highest BCUT2D eigenvalue weighted by atomic mass is 19.1. The molecule has 2 amide bonds. The summed E-state index contributed by atoms with van der Waals surface area (Å²) in [5.74, 6) is -0.747. The molecule has 0 spiro atoms. The molecule has 5 nitrogen and oxygen atoms in total. The molecule has 2 aliphatic heterocycles. The molecule has 0 aliphatic carbocycles. The van der Waals surface area contributed by atoms with Gasteiger partial charge in [-0.05, 0) is 49.4 Å². The third-order valence-electron chi connectivity index (χ3n) is 4.37. The molecule has 1 fully saturated rings. The van der Waals surface area contributed by atoms with Gasteiger partial charge in [-0.3, -0.25) is 14.5 Å². The van der Waals surface area contributed by atoms with E-state index in [0.717, 1.165) is 19.3 Å². The van der Waals surface area contributed by atoms with Crippen LogP contribution in [-0.2, 0) is 9.59 Å². The van der Waals surface area contributed by atoms with Crippen LogP contribution in [0.5, 0.6) is 0 Å². The molecule has 0 aromatic heterocycles. The molecule has 0 unspecified atom stereocenters. The van der Waals surface area contributed by atoms with E-state index in [9.17, 15) is 14.0 Å². The second kappa shape index (κ2) is 6.04. The van der Waals surface area contributed by atoms with Gasteiger partial charge in [-0.2, -0.15) is 0 Å². The fourth-order valence-corrected chi connectivity index (χ4v) is 3.19. The summed E-state index contributed by atoms with van der Waals surface area (Å²) in [6, 6.07) is 3.62. The van der Waals surface area contributed by atoms with E-state index < -0.39 is 11.9 Å². The zero-order valence-electron chi connectivity index (χ0n) is 12.3. The van der Waals surface area contributed by atoms with E-state index in [1.807, 2.05) is 0 Å². The molecule has 2 atom stereocenters. The first kappa shape index (κ1) is 15.0. The third-order valence-corrected chi connectivity index (χ3v) is 4.37. The molecule has 6 heteroatoms. The number of hydrogen-bond acceptors (Lipinski definition) is 3. The smallest absolute Gasteiger partial charge is 0.243 e. The Kier molecular flexibility index (Phi) is 4.11. The zero-order valence-corrected chi connectivity index (χ0v) is 12.3. The SMILES string of the molecule is N[C@H]1CCCCNC(=O)[C@H]2CCC(=O)N2c2cc(F)cc1c2. The Morgan fingerprint density at radius 1 is 1.18 bits per heavy atom. The van der Waals surface area contributed by atoms with E-state index in [1.54, 1.807) is 6.07 Å². The largest absolute Gasteiger partial charge is 0.354 e. The summed E-state index contributed by atoms with van der Waals surface area (Å²) >= 11 is 0. The van der Waals surface area contributed by atoms with Gasteiger partial charge in [0.05, 0.1) is 0 Å². The summed E-state index contributed by atoms with van der Waals surface area (Å²) in [6.45, 7) is 0.576. The van der Waals surface area contributed by atoms with Crippen molar-refractivity contribution in [3.63, 3.8) is 0 Å². The normalized spacial score (nSPS) is 26.0. The van der Waals surface area contributed by atoms with Crippen molar-refractivity contribution in [3.8, 4) is 0 Å². The Morgan fingerprint density at radius 3 is 2.82 bits per heavy atom. The van der Waals surface area contributed by atoms with Gasteiger partial charge >= 0.3 is 0 Å². The van der Waals surface area contributed by atoms with Gasteiger partial charge in [-0.15, -0.1) is 0 Å². The highest BCUT2D eigenvalue weighted by Gasteiger charge is 2.37. The van der Waals surface area contributed by atoms with Crippen LogP contribution in [0, 0.1) is 5.82 Å². The van der Waals surface area contributed by atoms with Gasteiger partial charge in [-0.25, -0.2) is 4.39 Å². The first-order valence-corrected chi connectivity index (χ1v) is 7.72. The van der Waals surface area contributed by atoms with Crippen molar-refractivity contribution in [1.82, 2.24) is 5.32 Å². The molecule has 1 saturated heterocycles. The fourth-order valence-electron chi connectivity index (χ4n) is 3.19. The fraction of sp³-hybridized carbons (Fsp3) is 0.500. The van der Waals surface area contributed by atoms with E-state index in [2.05, 4.69) is 5.32 Å². The maximum atomic E-state index is 13.9. The van der Waals surface area contributed by atoms with Crippen LogP contribution in [0.25, 0.3) is 0 Å². The van der Waals surface area contributed by atoms with Crippen LogP contribution in [-0.4, -0.2) is 24.4 Å². The summed E-state index contributed by atoms with van der Waals surface area (Å²) < 4.78 is 13.9. The van der Waals surface area contributed by atoms with Crippen LogP contribution < -0.4 is 16.0 Å². The molecule has 2 bridgehead atoms. The van der Waals surface area contributed by atoms with Gasteiger partial charge in [0.15, 0.2) is 0 Å². The molecular weight excluding hydrogens is 285 g/mol. The summed E-state index contributed by atoms with van der Waals surface area (Å²) in [7, 11) is 0.